The first-order valence-electron chi connectivity index (χ1n) is 6.57. The number of nitrogens with one attached hydrogen (secondary N) is 1. The van der Waals surface area contributed by atoms with E-state index in [2.05, 4.69) is 10.1 Å². The highest BCUT2D eigenvalue weighted by Crippen LogP contribution is 2.29. The Morgan fingerprint density at radius 1 is 1.32 bits per heavy atom. The normalized spacial score (nSPS) is 10.5. The standard InChI is InChI=1S/C14H20F2N2O4/c1-18(6-7-20-2)14(19)17-9-10-4-5-11(21-3)12(8-10)22-13(15)16/h4-5,8,13H,6-7,9H2,1-3H3,(H,17,19). The number of ether oxygens (including phenoxy) is 3. The Morgan fingerprint density at radius 3 is 2.64 bits per heavy atom. The Kier molecular flexibility index (Phi) is 7.38. The third-order valence-electron chi connectivity index (χ3n) is 2.87. The van der Waals surface area contributed by atoms with Gasteiger partial charge in [0.1, 0.15) is 0 Å². The number of alkyl halides is 2. The lowest BCUT2D eigenvalue weighted by Gasteiger charge is -2.18. The van der Waals surface area contributed by atoms with E-state index in [0.29, 0.717) is 18.7 Å². The first-order chi connectivity index (χ1) is 10.5. The van der Waals surface area contributed by atoms with Gasteiger partial charge in [-0.1, -0.05) is 6.07 Å². The minimum absolute atomic E-state index is 0.0722. The van der Waals surface area contributed by atoms with Gasteiger partial charge in [0.25, 0.3) is 0 Å². The summed E-state index contributed by atoms with van der Waals surface area (Å²) in [6.45, 7) is -1.89. The van der Waals surface area contributed by atoms with E-state index in [-0.39, 0.29) is 24.1 Å². The number of methoxy groups -OCH3 is 2. The van der Waals surface area contributed by atoms with Crippen molar-refractivity contribution in [2.75, 3.05) is 34.4 Å². The molecule has 0 spiro atoms. The van der Waals surface area contributed by atoms with Gasteiger partial charge in [-0.3, -0.25) is 0 Å². The summed E-state index contributed by atoms with van der Waals surface area (Å²) in [4.78, 5) is 13.3. The Hall–Kier alpha value is -2.09. The molecular weight excluding hydrogens is 298 g/mol. The number of nitrogens with zero attached hydrogens (tertiary/aromatic N) is 1. The van der Waals surface area contributed by atoms with Crippen molar-refractivity contribution in [2.24, 2.45) is 0 Å². The monoisotopic (exact) mass is 318 g/mol. The Morgan fingerprint density at radius 2 is 2.05 bits per heavy atom. The zero-order chi connectivity index (χ0) is 16.5. The molecule has 124 valence electrons. The van der Waals surface area contributed by atoms with Gasteiger partial charge in [-0.15, -0.1) is 0 Å². The molecule has 0 fully saturated rings. The lowest BCUT2D eigenvalue weighted by atomic mass is 10.2. The predicted molar refractivity (Wildman–Crippen MR) is 76.4 cm³/mol. The second kappa shape index (κ2) is 9.04. The summed E-state index contributed by atoms with van der Waals surface area (Å²) in [7, 11) is 4.54. The third-order valence-corrected chi connectivity index (χ3v) is 2.87. The van der Waals surface area contributed by atoms with Crippen molar-refractivity contribution in [1.29, 1.82) is 0 Å². The summed E-state index contributed by atoms with van der Waals surface area (Å²) in [6.07, 6.45) is 0. The molecule has 1 aromatic carbocycles. The van der Waals surface area contributed by atoms with Crippen LogP contribution >= 0.6 is 0 Å². The van der Waals surface area contributed by atoms with Crippen LogP contribution in [0.15, 0.2) is 18.2 Å². The number of amides is 2. The zero-order valence-corrected chi connectivity index (χ0v) is 12.8. The molecule has 0 aliphatic heterocycles. The first kappa shape index (κ1) is 18.0. The molecule has 1 N–H and O–H groups in total. The van der Waals surface area contributed by atoms with Crippen molar-refractivity contribution in [3.8, 4) is 11.5 Å². The Balaban J connectivity index is 2.64. The van der Waals surface area contributed by atoms with Gasteiger partial charge in [0.15, 0.2) is 11.5 Å². The number of halogens is 2. The van der Waals surface area contributed by atoms with Gasteiger partial charge in [-0.25, -0.2) is 4.79 Å². The van der Waals surface area contributed by atoms with Gasteiger partial charge in [0, 0.05) is 27.2 Å². The SMILES string of the molecule is COCCN(C)C(=O)NCc1ccc(OC)c(OC(F)F)c1. The van der Waals surface area contributed by atoms with E-state index in [1.165, 1.54) is 24.1 Å². The highest BCUT2D eigenvalue weighted by atomic mass is 19.3. The van der Waals surface area contributed by atoms with Crippen molar-refractivity contribution in [3.63, 3.8) is 0 Å². The number of rotatable bonds is 8. The van der Waals surface area contributed by atoms with Crippen LogP contribution in [0.3, 0.4) is 0 Å². The number of benzene rings is 1. The van der Waals surface area contributed by atoms with Crippen LogP contribution in [0.25, 0.3) is 0 Å². The zero-order valence-electron chi connectivity index (χ0n) is 12.8. The molecule has 22 heavy (non-hydrogen) atoms. The molecule has 0 radical (unpaired) electrons. The molecule has 0 atom stereocenters. The van der Waals surface area contributed by atoms with Crippen LogP contribution in [0.1, 0.15) is 5.56 Å². The molecule has 0 aromatic heterocycles. The summed E-state index contributed by atoms with van der Waals surface area (Å²) < 4.78 is 38.9. The van der Waals surface area contributed by atoms with E-state index in [9.17, 15) is 13.6 Å². The predicted octanol–water partition coefficient (Wildman–Crippen LogP) is 2.08. The quantitative estimate of drug-likeness (QED) is 0.797. The highest BCUT2D eigenvalue weighted by Gasteiger charge is 2.12. The lowest BCUT2D eigenvalue weighted by molar-refractivity contribution is -0.0512. The number of likely N-dealkylation sites (N-methyl/N-ethyl adjacent to an activating group) is 1. The highest BCUT2D eigenvalue weighted by molar-refractivity contribution is 5.73. The number of carbonyl (C=O) groups is 1. The van der Waals surface area contributed by atoms with Crippen molar-refractivity contribution < 1.29 is 27.8 Å². The van der Waals surface area contributed by atoms with E-state index < -0.39 is 6.61 Å². The second-order valence-electron chi connectivity index (χ2n) is 4.44. The summed E-state index contributed by atoms with van der Waals surface area (Å²) >= 11 is 0. The maximum atomic E-state index is 12.3. The molecule has 0 saturated heterocycles. The molecule has 0 bridgehead atoms. The minimum atomic E-state index is -2.95. The van der Waals surface area contributed by atoms with E-state index in [1.807, 2.05) is 0 Å². The molecule has 0 aliphatic rings. The molecule has 0 saturated carbocycles. The second-order valence-corrected chi connectivity index (χ2v) is 4.44. The summed E-state index contributed by atoms with van der Waals surface area (Å²) in [6, 6.07) is 4.28. The Bertz CT molecular complexity index is 486. The largest absolute Gasteiger partial charge is 0.493 e. The molecule has 1 rings (SSSR count). The minimum Gasteiger partial charge on any atom is -0.493 e. The molecule has 8 heteroatoms. The van der Waals surface area contributed by atoms with Gasteiger partial charge >= 0.3 is 12.6 Å². The molecular formula is C14H20F2N2O4. The van der Waals surface area contributed by atoms with Crippen LogP contribution in [0, 0.1) is 0 Å². The fourth-order valence-electron chi connectivity index (χ4n) is 1.66. The van der Waals surface area contributed by atoms with E-state index in [0.717, 1.165) is 0 Å². The van der Waals surface area contributed by atoms with Gasteiger partial charge in [0.2, 0.25) is 0 Å². The number of carbonyl (C=O) groups excluding carboxylic acids is 1. The lowest BCUT2D eigenvalue weighted by Crippen LogP contribution is -2.38. The van der Waals surface area contributed by atoms with Crippen LogP contribution in [0.2, 0.25) is 0 Å². The molecule has 6 nitrogen and oxygen atoms in total. The van der Waals surface area contributed by atoms with Crippen molar-refractivity contribution >= 4 is 6.03 Å². The number of hydrogen-bond acceptors (Lipinski definition) is 4. The number of hydrogen-bond donors (Lipinski definition) is 1. The van der Waals surface area contributed by atoms with Gasteiger partial charge in [-0.05, 0) is 17.7 Å². The van der Waals surface area contributed by atoms with Crippen LogP contribution in [0.5, 0.6) is 11.5 Å². The van der Waals surface area contributed by atoms with Crippen molar-refractivity contribution in [2.45, 2.75) is 13.2 Å². The molecule has 2 amide bonds. The third kappa shape index (κ3) is 5.72. The summed E-state index contributed by atoms with van der Waals surface area (Å²) in [5, 5.41) is 2.67. The summed E-state index contributed by atoms with van der Waals surface area (Å²) in [5.74, 6) is 0.129. The summed E-state index contributed by atoms with van der Waals surface area (Å²) in [5.41, 5.74) is 0.616. The van der Waals surface area contributed by atoms with E-state index in [4.69, 9.17) is 9.47 Å². The van der Waals surface area contributed by atoms with Gasteiger partial charge in [0.05, 0.1) is 13.7 Å². The fraction of sp³-hybridized carbons (Fsp3) is 0.500. The van der Waals surface area contributed by atoms with Crippen LogP contribution < -0.4 is 14.8 Å². The van der Waals surface area contributed by atoms with Crippen LogP contribution in [-0.2, 0) is 11.3 Å². The van der Waals surface area contributed by atoms with Gasteiger partial charge in [-0.2, -0.15) is 8.78 Å². The Labute approximate surface area is 127 Å². The van der Waals surface area contributed by atoms with Crippen molar-refractivity contribution in [1.82, 2.24) is 10.2 Å². The molecule has 0 unspecified atom stereocenters. The van der Waals surface area contributed by atoms with E-state index >= 15 is 0 Å². The topological polar surface area (TPSA) is 60.0 Å². The first-order valence-corrected chi connectivity index (χ1v) is 6.57. The van der Waals surface area contributed by atoms with Crippen molar-refractivity contribution in [3.05, 3.63) is 23.8 Å². The van der Waals surface area contributed by atoms with Crippen LogP contribution in [0.4, 0.5) is 13.6 Å². The van der Waals surface area contributed by atoms with E-state index in [1.54, 1.807) is 20.2 Å². The maximum absolute atomic E-state index is 12.3. The number of urea groups is 1. The smallest absolute Gasteiger partial charge is 0.387 e. The average Bonchev–Trinajstić information content (AvgIpc) is 2.49. The van der Waals surface area contributed by atoms with Gasteiger partial charge < -0.3 is 24.4 Å². The fourth-order valence-corrected chi connectivity index (χ4v) is 1.66. The maximum Gasteiger partial charge on any atom is 0.387 e. The average molecular weight is 318 g/mol. The molecule has 1 aromatic rings. The molecule has 0 heterocycles. The van der Waals surface area contributed by atoms with Crippen LogP contribution in [-0.4, -0.2) is 52.0 Å². The molecule has 0 aliphatic carbocycles.